The van der Waals surface area contributed by atoms with Crippen LogP contribution in [0.2, 0.25) is 0 Å². The molecular formula is C23H28N4O2. The standard InChI is InChI=1S/C23H28N4O2/c1-14-7-8-15(2)18(10-14)11-20-16(3)26-22-21(13-25-27(22)17(20)4)23(28)24-12-19-6-5-9-29-19/h7-8,10,13,19H,5-6,9,11-12H2,1-4H3,(H,24,28). The van der Waals surface area contributed by atoms with Crippen LogP contribution in [0.25, 0.3) is 5.65 Å². The van der Waals surface area contributed by atoms with Gasteiger partial charge in [0.25, 0.3) is 5.91 Å². The van der Waals surface area contributed by atoms with Gasteiger partial charge in [0.2, 0.25) is 0 Å². The summed E-state index contributed by atoms with van der Waals surface area (Å²) in [7, 11) is 0. The predicted octanol–water partition coefficient (Wildman–Crippen LogP) is 3.46. The molecule has 1 aromatic carbocycles. The molecule has 1 aliphatic rings. The number of aromatic nitrogens is 3. The fraction of sp³-hybridized carbons (Fsp3) is 0.435. The first-order valence-electron chi connectivity index (χ1n) is 10.2. The number of nitrogens with one attached hydrogen (secondary N) is 1. The number of nitrogens with zero attached hydrogens (tertiary/aromatic N) is 3. The van der Waals surface area contributed by atoms with Gasteiger partial charge in [0, 0.05) is 31.0 Å². The second kappa shape index (κ2) is 7.95. The maximum Gasteiger partial charge on any atom is 0.256 e. The van der Waals surface area contributed by atoms with E-state index in [4.69, 9.17) is 9.72 Å². The fourth-order valence-corrected chi connectivity index (χ4v) is 4.02. The van der Waals surface area contributed by atoms with E-state index in [2.05, 4.69) is 42.5 Å². The lowest BCUT2D eigenvalue weighted by Gasteiger charge is -2.14. The summed E-state index contributed by atoms with van der Waals surface area (Å²) < 4.78 is 7.37. The largest absolute Gasteiger partial charge is 0.376 e. The van der Waals surface area contributed by atoms with Crippen molar-refractivity contribution >= 4 is 11.6 Å². The molecule has 152 valence electrons. The van der Waals surface area contributed by atoms with Crippen molar-refractivity contribution in [2.45, 2.75) is 53.1 Å². The van der Waals surface area contributed by atoms with E-state index in [1.807, 2.05) is 13.8 Å². The van der Waals surface area contributed by atoms with Crippen LogP contribution in [0.4, 0.5) is 0 Å². The fourth-order valence-electron chi connectivity index (χ4n) is 4.02. The number of carbonyl (C=O) groups is 1. The van der Waals surface area contributed by atoms with Crippen LogP contribution >= 0.6 is 0 Å². The van der Waals surface area contributed by atoms with Gasteiger partial charge in [0.1, 0.15) is 5.56 Å². The molecular weight excluding hydrogens is 364 g/mol. The van der Waals surface area contributed by atoms with E-state index in [1.54, 1.807) is 10.7 Å². The Balaban J connectivity index is 1.62. The Hall–Kier alpha value is -2.73. The lowest BCUT2D eigenvalue weighted by Crippen LogP contribution is -2.31. The number of ether oxygens (including phenoxy) is 1. The molecule has 4 rings (SSSR count). The zero-order valence-corrected chi connectivity index (χ0v) is 17.6. The second-order valence-corrected chi connectivity index (χ2v) is 8.01. The number of rotatable bonds is 5. The first kappa shape index (κ1) is 19.6. The third-order valence-electron chi connectivity index (χ3n) is 5.84. The number of aryl methyl sites for hydroxylation is 4. The number of benzene rings is 1. The smallest absolute Gasteiger partial charge is 0.256 e. The van der Waals surface area contributed by atoms with Crippen LogP contribution in [0, 0.1) is 27.7 Å². The van der Waals surface area contributed by atoms with E-state index >= 15 is 0 Å². The highest BCUT2D eigenvalue weighted by molar-refractivity contribution is 5.99. The van der Waals surface area contributed by atoms with Gasteiger partial charge in [-0.05, 0) is 57.2 Å². The lowest BCUT2D eigenvalue weighted by atomic mass is 9.97. The first-order valence-corrected chi connectivity index (χ1v) is 10.2. The maximum absolute atomic E-state index is 12.7. The number of amides is 1. The Bertz CT molecular complexity index is 1060. The topological polar surface area (TPSA) is 68.5 Å². The number of fused-ring (bicyclic) bond motifs is 1. The van der Waals surface area contributed by atoms with Gasteiger partial charge in [0.15, 0.2) is 5.65 Å². The summed E-state index contributed by atoms with van der Waals surface area (Å²) in [4.78, 5) is 17.5. The van der Waals surface area contributed by atoms with Crippen LogP contribution in [0.5, 0.6) is 0 Å². The molecule has 1 fully saturated rings. The van der Waals surface area contributed by atoms with Crippen molar-refractivity contribution in [3.05, 3.63) is 63.6 Å². The van der Waals surface area contributed by atoms with Crippen molar-refractivity contribution in [1.82, 2.24) is 19.9 Å². The van der Waals surface area contributed by atoms with Gasteiger partial charge < -0.3 is 10.1 Å². The minimum atomic E-state index is -0.149. The molecule has 6 nitrogen and oxygen atoms in total. The van der Waals surface area contributed by atoms with Crippen LogP contribution in [-0.4, -0.2) is 39.8 Å². The molecule has 0 bridgehead atoms. The number of carbonyl (C=O) groups excluding carboxylic acids is 1. The van der Waals surface area contributed by atoms with E-state index in [0.717, 1.165) is 42.8 Å². The Morgan fingerprint density at radius 2 is 2.10 bits per heavy atom. The van der Waals surface area contributed by atoms with E-state index in [-0.39, 0.29) is 12.0 Å². The van der Waals surface area contributed by atoms with Crippen molar-refractivity contribution in [3.63, 3.8) is 0 Å². The third-order valence-corrected chi connectivity index (χ3v) is 5.84. The summed E-state index contributed by atoms with van der Waals surface area (Å²) in [6.07, 6.45) is 4.57. The van der Waals surface area contributed by atoms with E-state index in [9.17, 15) is 4.79 Å². The summed E-state index contributed by atoms with van der Waals surface area (Å²) in [5, 5.41) is 7.43. The molecule has 1 atom stereocenters. The molecule has 3 aromatic rings. The van der Waals surface area contributed by atoms with Gasteiger partial charge in [-0.3, -0.25) is 4.79 Å². The van der Waals surface area contributed by atoms with Crippen molar-refractivity contribution < 1.29 is 9.53 Å². The highest BCUT2D eigenvalue weighted by Crippen LogP contribution is 2.22. The molecule has 1 aliphatic heterocycles. The predicted molar refractivity (Wildman–Crippen MR) is 112 cm³/mol. The van der Waals surface area contributed by atoms with Gasteiger partial charge in [-0.15, -0.1) is 0 Å². The maximum atomic E-state index is 12.7. The molecule has 0 radical (unpaired) electrons. The molecule has 1 amide bonds. The molecule has 1 N–H and O–H groups in total. The average Bonchev–Trinajstić information content (AvgIpc) is 3.35. The zero-order chi connectivity index (χ0) is 20.5. The Kier molecular flexibility index (Phi) is 5.37. The number of hydrogen-bond acceptors (Lipinski definition) is 4. The van der Waals surface area contributed by atoms with Crippen LogP contribution < -0.4 is 5.32 Å². The summed E-state index contributed by atoms with van der Waals surface area (Å²) in [5.41, 5.74) is 8.03. The summed E-state index contributed by atoms with van der Waals surface area (Å²) >= 11 is 0. The van der Waals surface area contributed by atoms with Crippen LogP contribution in [-0.2, 0) is 11.2 Å². The van der Waals surface area contributed by atoms with Gasteiger partial charge in [-0.25, -0.2) is 9.50 Å². The highest BCUT2D eigenvalue weighted by atomic mass is 16.5. The lowest BCUT2D eigenvalue weighted by molar-refractivity contribution is 0.0859. The summed E-state index contributed by atoms with van der Waals surface area (Å²) in [6.45, 7) is 9.60. The molecule has 6 heteroatoms. The van der Waals surface area contributed by atoms with Crippen LogP contribution in [0.1, 0.15) is 56.8 Å². The van der Waals surface area contributed by atoms with Gasteiger partial charge in [0.05, 0.1) is 12.3 Å². The second-order valence-electron chi connectivity index (χ2n) is 8.01. The minimum Gasteiger partial charge on any atom is -0.376 e. The van der Waals surface area contributed by atoms with Gasteiger partial charge in [-0.2, -0.15) is 5.10 Å². The van der Waals surface area contributed by atoms with Crippen molar-refractivity contribution in [1.29, 1.82) is 0 Å². The Labute approximate surface area is 171 Å². The highest BCUT2D eigenvalue weighted by Gasteiger charge is 2.21. The van der Waals surface area contributed by atoms with Crippen LogP contribution in [0.3, 0.4) is 0 Å². The zero-order valence-electron chi connectivity index (χ0n) is 17.6. The molecule has 0 saturated carbocycles. The van der Waals surface area contributed by atoms with Gasteiger partial charge in [-0.1, -0.05) is 23.8 Å². The van der Waals surface area contributed by atoms with Crippen molar-refractivity contribution in [3.8, 4) is 0 Å². The van der Waals surface area contributed by atoms with E-state index in [1.165, 1.54) is 16.7 Å². The third kappa shape index (κ3) is 3.90. The minimum absolute atomic E-state index is 0.112. The summed E-state index contributed by atoms with van der Waals surface area (Å²) in [5.74, 6) is -0.149. The Morgan fingerprint density at radius 1 is 1.28 bits per heavy atom. The Morgan fingerprint density at radius 3 is 2.86 bits per heavy atom. The molecule has 1 saturated heterocycles. The SMILES string of the molecule is Cc1ccc(C)c(Cc2c(C)nc3c(C(=O)NCC4CCCO4)cnn3c2C)c1. The summed E-state index contributed by atoms with van der Waals surface area (Å²) in [6, 6.07) is 6.52. The van der Waals surface area contributed by atoms with Gasteiger partial charge >= 0.3 is 0 Å². The molecule has 0 spiro atoms. The van der Waals surface area contributed by atoms with Crippen molar-refractivity contribution in [2.24, 2.45) is 0 Å². The van der Waals surface area contributed by atoms with E-state index < -0.39 is 0 Å². The average molecular weight is 393 g/mol. The quantitative estimate of drug-likeness (QED) is 0.722. The molecule has 29 heavy (non-hydrogen) atoms. The first-order chi connectivity index (χ1) is 13.9. The van der Waals surface area contributed by atoms with Crippen LogP contribution in [0.15, 0.2) is 24.4 Å². The van der Waals surface area contributed by atoms with Crippen molar-refractivity contribution in [2.75, 3.05) is 13.2 Å². The van der Waals surface area contributed by atoms with E-state index in [0.29, 0.717) is 17.8 Å². The normalized spacial score (nSPS) is 16.5. The molecule has 2 aromatic heterocycles. The molecule has 1 unspecified atom stereocenters. The molecule has 0 aliphatic carbocycles. The molecule has 3 heterocycles. The number of hydrogen-bond donors (Lipinski definition) is 1. The monoisotopic (exact) mass is 392 g/mol.